The van der Waals surface area contributed by atoms with Gasteiger partial charge in [0.25, 0.3) is 0 Å². The van der Waals surface area contributed by atoms with Crippen LogP contribution in [0.5, 0.6) is 0 Å². The van der Waals surface area contributed by atoms with Crippen LogP contribution in [-0.2, 0) is 0 Å². The van der Waals surface area contributed by atoms with Crippen molar-refractivity contribution in [2.45, 2.75) is 64.9 Å². The van der Waals surface area contributed by atoms with Gasteiger partial charge in [-0.05, 0) is 68.1 Å². The molecule has 1 heterocycles. The van der Waals surface area contributed by atoms with Crippen molar-refractivity contribution in [2.24, 2.45) is 28.6 Å². The molecule has 4 heteroatoms. The lowest BCUT2D eigenvalue weighted by Crippen LogP contribution is -2.50. The summed E-state index contributed by atoms with van der Waals surface area (Å²) in [6, 6.07) is 2.30. The molecule has 2 fully saturated rings. The van der Waals surface area contributed by atoms with Crippen LogP contribution in [0.3, 0.4) is 0 Å². The van der Waals surface area contributed by atoms with E-state index in [2.05, 4.69) is 37.1 Å². The Morgan fingerprint density at radius 2 is 1.96 bits per heavy atom. The lowest BCUT2D eigenvalue weighted by Gasteiger charge is -2.57. The molecule has 27 heavy (non-hydrogen) atoms. The van der Waals surface area contributed by atoms with E-state index in [1.807, 2.05) is 10.9 Å². The van der Waals surface area contributed by atoms with E-state index < -0.39 is 0 Å². The van der Waals surface area contributed by atoms with Gasteiger partial charge >= 0.3 is 0 Å². The lowest BCUT2D eigenvalue weighted by molar-refractivity contribution is -0.0249. The number of fused-ring (bicyclic) bond motifs is 5. The van der Waals surface area contributed by atoms with Crippen LogP contribution in [0, 0.1) is 39.9 Å². The Morgan fingerprint density at radius 1 is 1.15 bits per heavy atom. The zero-order valence-corrected chi connectivity index (χ0v) is 16.4. The number of hydrogen-bond donors (Lipinski definition) is 1. The summed E-state index contributed by atoms with van der Waals surface area (Å²) in [6.07, 6.45) is 15.8. The molecule has 0 spiro atoms. The van der Waals surface area contributed by atoms with Crippen molar-refractivity contribution in [3.05, 3.63) is 35.9 Å². The number of imidazole rings is 1. The van der Waals surface area contributed by atoms with Gasteiger partial charge in [0.1, 0.15) is 11.8 Å². The number of aliphatic hydroxyl groups is 1. The highest BCUT2D eigenvalue weighted by molar-refractivity contribution is 5.59. The fourth-order valence-electron chi connectivity index (χ4n) is 7.13. The molecule has 4 aliphatic rings. The van der Waals surface area contributed by atoms with E-state index in [4.69, 9.17) is 0 Å². The molecule has 1 N–H and O–H groups in total. The van der Waals surface area contributed by atoms with Crippen LogP contribution in [0.4, 0.5) is 0 Å². The van der Waals surface area contributed by atoms with Crippen LogP contribution in [0.15, 0.2) is 30.2 Å². The average Bonchev–Trinajstić information content (AvgIpc) is 3.25. The summed E-state index contributed by atoms with van der Waals surface area (Å²) in [4.78, 5) is 4.23. The molecule has 0 radical (unpaired) electrons. The van der Waals surface area contributed by atoms with E-state index in [1.165, 1.54) is 24.1 Å². The average molecular weight is 364 g/mol. The summed E-state index contributed by atoms with van der Waals surface area (Å²) in [5, 5.41) is 19.6. The minimum Gasteiger partial charge on any atom is -0.393 e. The molecule has 0 amide bonds. The maximum absolute atomic E-state index is 10.2. The molecule has 2 saturated carbocycles. The van der Waals surface area contributed by atoms with Gasteiger partial charge < -0.3 is 5.11 Å². The van der Waals surface area contributed by atoms with Crippen molar-refractivity contribution in [2.75, 3.05) is 0 Å². The smallest absolute Gasteiger partial charge is 0.144 e. The number of aliphatic hydroxyl groups excluding tert-OH is 1. The molecule has 5 rings (SSSR count). The van der Waals surface area contributed by atoms with Crippen LogP contribution in [0.1, 0.15) is 64.5 Å². The summed E-state index contributed by atoms with van der Waals surface area (Å²) in [5.74, 6) is 2.08. The molecule has 4 aliphatic carbocycles. The molecule has 6 unspecified atom stereocenters. The molecule has 0 aliphatic heterocycles. The van der Waals surface area contributed by atoms with Crippen LogP contribution >= 0.6 is 0 Å². The number of allylic oxidation sites excluding steroid dienone is 3. The highest BCUT2D eigenvalue weighted by Gasteiger charge is 2.57. The van der Waals surface area contributed by atoms with Gasteiger partial charge in [-0.2, -0.15) is 5.26 Å². The van der Waals surface area contributed by atoms with Gasteiger partial charge in [0, 0.05) is 11.1 Å². The monoisotopic (exact) mass is 363 g/mol. The Labute approximate surface area is 161 Å². The molecule has 142 valence electrons. The number of aromatic nitrogens is 2. The van der Waals surface area contributed by atoms with Crippen LogP contribution in [-0.4, -0.2) is 20.8 Å². The van der Waals surface area contributed by atoms with Crippen LogP contribution in [0.2, 0.25) is 0 Å². The summed E-state index contributed by atoms with van der Waals surface area (Å²) in [6.45, 7) is 4.89. The largest absolute Gasteiger partial charge is 0.393 e. The van der Waals surface area contributed by atoms with Gasteiger partial charge in [-0.15, -0.1) is 0 Å². The third-order valence-electron chi connectivity index (χ3n) is 8.63. The van der Waals surface area contributed by atoms with Gasteiger partial charge in [0.2, 0.25) is 0 Å². The Bertz CT molecular complexity index is 874. The molecule has 0 bridgehead atoms. The predicted molar refractivity (Wildman–Crippen MR) is 104 cm³/mol. The summed E-state index contributed by atoms with van der Waals surface area (Å²) in [5.41, 5.74) is 3.87. The quantitative estimate of drug-likeness (QED) is 0.746. The maximum atomic E-state index is 10.2. The Kier molecular flexibility index (Phi) is 3.72. The number of hydrogen-bond acceptors (Lipinski definition) is 3. The third kappa shape index (κ3) is 2.27. The minimum atomic E-state index is -0.139. The number of rotatable bonds is 1. The van der Waals surface area contributed by atoms with E-state index in [0.29, 0.717) is 17.5 Å². The van der Waals surface area contributed by atoms with Gasteiger partial charge in [0.05, 0.1) is 18.6 Å². The Hall–Kier alpha value is -1.86. The molecule has 1 aromatic rings. The van der Waals surface area contributed by atoms with E-state index in [1.54, 1.807) is 6.20 Å². The number of nitrogens with zero attached hydrogens (tertiary/aromatic N) is 3. The summed E-state index contributed by atoms with van der Waals surface area (Å²) >= 11 is 0. The topological polar surface area (TPSA) is 61.8 Å². The first-order valence-corrected chi connectivity index (χ1v) is 10.5. The zero-order valence-electron chi connectivity index (χ0n) is 16.4. The molecule has 1 aromatic heterocycles. The first-order chi connectivity index (χ1) is 13.0. The fraction of sp³-hybridized carbons (Fsp3) is 0.652. The zero-order chi connectivity index (χ0) is 18.8. The third-order valence-corrected chi connectivity index (χ3v) is 8.63. The first kappa shape index (κ1) is 17.3. The van der Waals surface area contributed by atoms with Gasteiger partial charge in [-0.25, -0.2) is 4.98 Å². The van der Waals surface area contributed by atoms with Gasteiger partial charge in [-0.3, -0.25) is 4.57 Å². The van der Waals surface area contributed by atoms with Gasteiger partial charge in [-0.1, -0.05) is 31.6 Å². The minimum absolute atomic E-state index is 0.128. The first-order valence-electron chi connectivity index (χ1n) is 10.5. The molecule has 6 atom stereocenters. The fourth-order valence-corrected chi connectivity index (χ4v) is 7.13. The molecule has 0 aromatic carbocycles. The Balaban J connectivity index is 1.49. The van der Waals surface area contributed by atoms with Crippen molar-refractivity contribution in [1.82, 2.24) is 9.55 Å². The van der Waals surface area contributed by atoms with Crippen molar-refractivity contribution in [3.63, 3.8) is 0 Å². The standard InChI is InChI=1S/C23H29N3O/c1-22-9-7-17(27)11-15(22)3-4-18-19-5-6-21(23(19,2)10-8-20(18)22)26-14-25-13-16(26)12-24/h3,6,13-14,17-20,27H,4-5,7-11H2,1-2H3. The van der Waals surface area contributed by atoms with Crippen molar-refractivity contribution < 1.29 is 5.11 Å². The van der Waals surface area contributed by atoms with Crippen molar-refractivity contribution >= 4 is 5.70 Å². The highest BCUT2D eigenvalue weighted by Crippen LogP contribution is 2.65. The lowest BCUT2D eigenvalue weighted by atomic mass is 9.48. The second-order valence-corrected chi connectivity index (χ2v) is 9.70. The van der Waals surface area contributed by atoms with Crippen molar-refractivity contribution in [3.8, 4) is 6.07 Å². The second-order valence-electron chi connectivity index (χ2n) is 9.70. The molecular formula is C23H29N3O. The molecule has 4 nitrogen and oxygen atoms in total. The summed E-state index contributed by atoms with van der Waals surface area (Å²) < 4.78 is 2.03. The van der Waals surface area contributed by atoms with Crippen molar-refractivity contribution in [1.29, 1.82) is 5.26 Å². The predicted octanol–water partition coefficient (Wildman–Crippen LogP) is 4.53. The SMILES string of the molecule is CC12CCC(O)CC1=CCC1C2CCC2(C)C(n3cncc3C#N)=CCC12. The Morgan fingerprint density at radius 3 is 2.78 bits per heavy atom. The van der Waals surface area contributed by atoms with E-state index in [0.717, 1.165) is 38.0 Å². The second kappa shape index (κ2) is 5.82. The molecular weight excluding hydrogens is 334 g/mol. The van der Waals surface area contributed by atoms with E-state index >= 15 is 0 Å². The maximum Gasteiger partial charge on any atom is 0.144 e. The normalized spacial score (nSPS) is 43.0. The molecule has 0 saturated heterocycles. The van der Waals surface area contributed by atoms with E-state index in [-0.39, 0.29) is 16.9 Å². The number of nitriles is 1. The van der Waals surface area contributed by atoms with Crippen LogP contribution in [0.25, 0.3) is 5.70 Å². The van der Waals surface area contributed by atoms with E-state index in [9.17, 15) is 10.4 Å². The van der Waals surface area contributed by atoms with Crippen LogP contribution < -0.4 is 0 Å². The summed E-state index contributed by atoms with van der Waals surface area (Å²) in [7, 11) is 0. The highest BCUT2D eigenvalue weighted by atomic mass is 16.3. The van der Waals surface area contributed by atoms with Gasteiger partial charge in [0.15, 0.2) is 0 Å².